The van der Waals surface area contributed by atoms with E-state index < -0.39 is 0 Å². The first-order valence-electron chi connectivity index (χ1n) is 11.2. The van der Waals surface area contributed by atoms with E-state index in [1.165, 1.54) is 16.7 Å². The summed E-state index contributed by atoms with van der Waals surface area (Å²) in [6.07, 6.45) is 0. The molecule has 1 aromatic rings. The Bertz CT molecular complexity index is 559. The molecular formula is C26H48O3. The Kier molecular flexibility index (Phi) is 13.0. The highest BCUT2D eigenvalue weighted by molar-refractivity contribution is 5.35. The Hall–Kier alpha value is -0.900. The van der Waals surface area contributed by atoms with Crippen LogP contribution in [0.1, 0.15) is 97.8 Å². The van der Waals surface area contributed by atoms with E-state index in [1.54, 1.807) is 7.11 Å². The Morgan fingerprint density at radius 2 is 1.28 bits per heavy atom. The smallest absolute Gasteiger partial charge is 0.0720 e. The van der Waals surface area contributed by atoms with Crippen molar-refractivity contribution in [3.05, 3.63) is 34.9 Å². The molecule has 0 aliphatic carbocycles. The lowest BCUT2D eigenvalue weighted by atomic mass is 9.92. The molecule has 0 aromatic heterocycles. The maximum absolute atomic E-state index is 6.14. The van der Waals surface area contributed by atoms with Gasteiger partial charge in [0.15, 0.2) is 0 Å². The second kappa shape index (κ2) is 13.4. The standard InChI is InChI=1S/C24H42O3.C2H6/c1-18(2)20-10-11-22(19(3)4)21(12-20)13-26-15-24(7,8)17-27-16-23(5,6)14-25-9;1-2/h10-12,18-19H,13-17H2,1-9H3;1-2H3. The van der Waals surface area contributed by atoms with Gasteiger partial charge in [0.25, 0.3) is 0 Å². The van der Waals surface area contributed by atoms with Crippen LogP contribution in [0.15, 0.2) is 18.2 Å². The fraction of sp³-hybridized carbons (Fsp3) is 0.769. The summed E-state index contributed by atoms with van der Waals surface area (Å²) in [4.78, 5) is 0. The van der Waals surface area contributed by atoms with Gasteiger partial charge >= 0.3 is 0 Å². The Morgan fingerprint density at radius 3 is 1.76 bits per heavy atom. The highest BCUT2D eigenvalue weighted by atomic mass is 16.5. The summed E-state index contributed by atoms with van der Waals surface area (Å²) in [5, 5.41) is 0. The zero-order valence-corrected chi connectivity index (χ0v) is 21.1. The largest absolute Gasteiger partial charge is 0.384 e. The quantitative estimate of drug-likeness (QED) is 0.366. The van der Waals surface area contributed by atoms with Crippen molar-refractivity contribution in [3.63, 3.8) is 0 Å². The third-order valence-corrected chi connectivity index (χ3v) is 4.73. The van der Waals surface area contributed by atoms with E-state index in [-0.39, 0.29) is 10.8 Å². The molecule has 0 unspecified atom stereocenters. The molecule has 0 saturated carbocycles. The number of rotatable bonds is 12. The molecule has 170 valence electrons. The van der Waals surface area contributed by atoms with Crippen molar-refractivity contribution in [1.29, 1.82) is 0 Å². The fourth-order valence-electron chi connectivity index (χ4n) is 3.19. The molecule has 0 aliphatic heterocycles. The number of methoxy groups -OCH3 is 1. The zero-order valence-electron chi connectivity index (χ0n) is 21.1. The Labute approximate surface area is 181 Å². The van der Waals surface area contributed by atoms with Gasteiger partial charge in [0.2, 0.25) is 0 Å². The van der Waals surface area contributed by atoms with Crippen LogP contribution < -0.4 is 0 Å². The average molecular weight is 409 g/mol. The van der Waals surface area contributed by atoms with Crippen LogP contribution in [0.2, 0.25) is 0 Å². The third-order valence-electron chi connectivity index (χ3n) is 4.73. The van der Waals surface area contributed by atoms with Crippen molar-refractivity contribution < 1.29 is 14.2 Å². The van der Waals surface area contributed by atoms with Crippen LogP contribution in [0.5, 0.6) is 0 Å². The normalized spacial score (nSPS) is 12.3. The van der Waals surface area contributed by atoms with Gasteiger partial charge in [-0.2, -0.15) is 0 Å². The van der Waals surface area contributed by atoms with Gasteiger partial charge in [-0.1, -0.05) is 87.4 Å². The Morgan fingerprint density at radius 1 is 0.759 bits per heavy atom. The number of benzene rings is 1. The molecule has 0 N–H and O–H groups in total. The predicted octanol–water partition coefficient (Wildman–Crippen LogP) is 7.19. The minimum absolute atomic E-state index is 0.0171. The topological polar surface area (TPSA) is 27.7 Å². The maximum Gasteiger partial charge on any atom is 0.0720 e. The van der Waals surface area contributed by atoms with E-state index in [2.05, 4.69) is 73.6 Å². The molecule has 0 saturated heterocycles. The summed E-state index contributed by atoms with van der Waals surface area (Å²) in [6.45, 7) is 25.1. The average Bonchev–Trinajstić information content (AvgIpc) is 2.62. The summed E-state index contributed by atoms with van der Waals surface area (Å²) in [6, 6.07) is 6.84. The minimum atomic E-state index is -0.0171. The second-order valence-electron chi connectivity index (χ2n) is 10.0. The molecule has 1 rings (SSSR count). The molecule has 0 fully saturated rings. The van der Waals surface area contributed by atoms with Crippen molar-refractivity contribution in [2.24, 2.45) is 10.8 Å². The first kappa shape index (κ1) is 28.1. The highest BCUT2D eigenvalue weighted by Gasteiger charge is 2.23. The van der Waals surface area contributed by atoms with Crippen LogP contribution in [0.3, 0.4) is 0 Å². The van der Waals surface area contributed by atoms with Gasteiger partial charge < -0.3 is 14.2 Å². The van der Waals surface area contributed by atoms with Gasteiger partial charge in [0.05, 0.1) is 33.0 Å². The lowest BCUT2D eigenvalue weighted by Gasteiger charge is -2.28. The number of hydrogen-bond acceptors (Lipinski definition) is 3. The minimum Gasteiger partial charge on any atom is -0.384 e. The summed E-state index contributed by atoms with van der Waals surface area (Å²) < 4.78 is 17.4. The van der Waals surface area contributed by atoms with Gasteiger partial charge in [0.1, 0.15) is 0 Å². The molecule has 1 aromatic carbocycles. The van der Waals surface area contributed by atoms with E-state index in [9.17, 15) is 0 Å². The van der Waals surface area contributed by atoms with Crippen LogP contribution >= 0.6 is 0 Å². The van der Waals surface area contributed by atoms with Crippen LogP contribution in [0.25, 0.3) is 0 Å². The predicted molar refractivity (Wildman–Crippen MR) is 126 cm³/mol. The van der Waals surface area contributed by atoms with Gasteiger partial charge in [-0.3, -0.25) is 0 Å². The lowest BCUT2D eigenvalue weighted by Crippen LogP contribution is -2.30. The Balaban J connectivity index is 0.00000379. The van der Waals surface area contributed by atoms with Crippen LogP contribution in [0.4, 0.5) is 0 Å². The summed E-state index contributed by atoms with van der Waals surface area (Å²) in [5.74, 6) is 1.04. The number of hydrogen-bond donors (Lipinski definition) is 0. The van der Waals surface area contributed by atoms with E-state index >= 15 is 0 Å². The molecular weight excluding hydrogens is 360 g/mol. The van der Waals surface area contributed by atoms with Gasteiger partial charge in [-0.25, -0.2) is 0 Å². The zero-order chi connectivity index (χ0) is 22.7. The monoisotopic (exact) mass is 408 g/mol. The summed E-state index contributed by atoms with van der Waals surface area (Å²) in [7, 11) is 1.74. The van der Waals surface area contributed by atoms with Crippen LogP contribution in [-0.4, -0.2) is 33.5 Å². The van der Waals surface area contributed by atoms with Crippen LogP contribution in [-0.2, 0) is 20.8 Å². The van der Waals surface area contributed by atoms with E-state index in [4.69, 9.17) is 14.2 Å². The van der Waals surface area contributed by atoms with Gasteiger partial charge in [-0.15, -0.1) is 0 Å². The van der Waals surface area contributed by atoms with Crippen molar-refractivity contribution in [1.82, 2.24) is 0 Å². The molecule has 0 aliphatic rings. The van der Waals surface area contributed by atoms with E-state index in [0.717, 1.165) is 0 Å². The second-order valence-corrected chi connectivity index (χ2v) is 10.0. The lowest BCUT2D eigenvalue weighted by molar-refractivity contribution is -0.0429. The molecule has 0 atom stereocenters. The number of ether oxygens (including phenoxy) is 3. The first-order valence-corrected chi connectivity index (χ1v) is 11.2. The molecule has 3 heteroatoms. The van der Waals surface area contributed by atoms with E-state index in [0.29, 0.717) is 44.9 Å². The SMILES string of the molecule is CC.COCC(C)(C)COCC(C)(C)COCc1cc(C(C)C)ccc1C(C)C. The van der Waals surface area contributed by atoms with Gasteiger partial charge in [-0.05, 0) is 28.5 Å². The fourth-order valence-corrected chi connectivity index (χ4v) is 3.19. The van der Waals surface area contributed by atoms with Crippen LogP contribution in [0, 0.1) is 10.8 Å². The molecule has 0 heterocycles. The molecule has 0 bridgehead atoms. The third kappa shape index (κ3) is 11.2. The molecule has 0 spiro atoms. The molecule has 3 nitrogen and oxygen atoms in total. The first-order chi connectivity index (χ1) is 13.5. The summed E-state index contributed by atoms with van der Waals surface area (Å²) >= 11 is 0. The van der Waals surface area contributed by atoms with Gasteiger partial charge in [0, 0.05) is 17.9 Å². The van der Waals surface area contributed by atoms with Crippen molar-refractivity contribution in [2.75, 3.05) is 33.5 Å². The molecule has 0 amide bonds. The summed E-state index contributed by atoms with van der Waals surface area (Å²) in [5.41, 5.74) is 4.09. The van der Waals surface area contributed by atoms with Crippen molar-refractivity contribution in [3.8, 4) is 0 Å². The molecule has 0 radical (unpaired) electrons. The van der Waals surface area contributed by atoms with E-state index in [1.807, 2.05) is 13.8 Å². The molecule has 29 heavy (non-hydrogen) atoms. The highest BCUT2D eigenvalue weighted by Crippen LogP contribution is 2.26. The van der Waals surface area contributed by atoms with Crippen molar-refractivity contribution in [2.45, 2.75) is 87.7 Å². The maximum atomic E-state index is 6.14. The van der Waals surface area contributed by atoms with Crippen molar-refractivity contribution >= 4 is 0 Å².